The third-order valence-electron chi connectivity index (χ3n) is 1.49. The molecule has 0 aliphatic rings. The second-order valence-corrected chi connectivity index (χ2v) is 2.43. The van der Waals surface area contributed by atoms with Gasteiger partial charge in [-0.1, -0.05) is 0 Å². The number of nitro groups is 1. The van der Waals surface area contributed by atoms with E-state index in [2.05, 4.69) is 9.97 Å². The fourth-order valence-electron chi connectivity index (χ4n) is 0.790. The molecule has 2 unspecified atom stereocenters. The zero-order valence-electron chi connectivity index (χ0n) is 6.78. The van der Waals surface area contributed by atoms with Crippen molar-refractivity contribution in [1.82, 2.24) is 9.97 Å². The van der Waals surface area contributed by atoms with E-state index in [4.69, 9.17) is 10.4 Å². The van der Waals surface area contributed by atoms with Gasteiger partial charge in [0, 0.05) is 0 Å². The minimum atomic E-state index is -1.67. The van der Waals surface area contributed by atoms with Crippen LogP contribution in [-0.2, 0) is 0 Å². The summed E-state index contributed by atoms with van der Waals surface area (Å²) in [6, 6.07) is 1.38. The number of aromatic nitrogens is 2. The average Bonchev–Trinajstić information content (AvgIpc) is 2.64. The Labute approximate surface area is 77.6 Å². The maximum atomic E-state index is 10.2. The molecule has 14 heavy (non-hydrogen) atoms. The molecule has 0 spiro atoms. The zero-order chi connectivity index (χ0) is 10.7. The number of nitrogens with zero attached hydrogens (tertiary/aromatic N) is 3. The van der Waals surface area contributed by atoms with Crippen molar-refractivity contribution in [2.45, 2.75) is 12.2 Å². The highest BCUT2D eigenvalue weighted by Crippen LogP contribution is 2.15. The number of nitriles is 1. The monoisotopic (exact) mass is 198 g/mol. The molecule has 1 heterocycles. The number of imidazole rings is 1. The number of aromatic amines is 1. The van der Waals surface area contributed by atoms with Gasteiger partial charge >= 0.3 is 5.82 Å². The molecule has 0 aliphatic carbocycles. The van der Waals surface area contributed by atoms with Crippen molar-refractivity contribution in [3.05, 3.63) is 22.1 Å². The van der Waals surface area contributed by atoms with Crippen LogP contribution in [0.15, 0.2) is 6.20 Å². The lowest BCUT2D eigenvalue weighted by Gasteiger charge is -2.04. The molecule has 0 aliphatic heterocycles. The molecule has 1 rings (SSSR count). The van der Waals surface area contributed by atoms with E-state index < -0.39 is 22.9 Å². The molecule has 2 atom stereocenters. The van der Waals surface area contributed by atoms with Gasteiger partial charge in [0.1, 0.15) is 6.20 Å². The van der Waals surface area contributed by atoms with Gasteiger partial charge in [-0.15, -0.1) is 0 Å². The lowest BCUT2D eigenvalue weighted by molar-refractivity contribution is -0.389. The Balaban J connectivity index is 2.87. The number of aliphatic hydroxyl groups is 2. The van der Waals surface area contributed by atoms with Crippen molar-refractivity contribution >= 4 is 5.82 Å². The Morgan fingerprint density at radius 2 is 2.36 bits per heavy atom. The van der Waals surface area contributed by atoms with E-state index in [0.29, 0.717) is 0 Å². The zero-order valence-corrected chi connectivity index (χ0v) is 6.78. The van der Waals surface area contributed by atoms with Crippen LogP contribution in [0.2, 0.25) is 0 Å². The average molecular weight is 198 g/mol. The van der Waals surface area contributed by atoms with Gasteiger partial charge in [-0.05, 0) is 4.92 Å². The molecular formula is C6H6N4O4. The molecule has 0 saturated carbocycles. The molecule has 1 aromatic heterocycles. The van der Waals surface area contributed by atoms with Gasteiger partial charge in [0.25, 0.3) is 0 Å². The Hall–Kier alpha value is -1.98. The smallest absolute Gasteiger partial charge is 0.340 e. The highest BCUT2D eigenvalue weighted by Gasteiger charge is 2.24. The van der Waals surface area contributed by atoms with Crippen LogP contribution < -0.4 is 0 Å². The maximum absolute atomic E-state index is 10.2. The number of H-pyrrole nitrogens is 1. The Morgan fingerprint density at radius 3 is 2.79 bits per heavy atom. The molecule has 0 amide bonds. The molecular weight excluding hydrogens is 192 g/mol. The van der Waals surface area contributed by atoms with E-state index in [1.807, 2.05) is 0 Å². The van der Waals surface area contributed by atoms with Crippen LogP contribution in [0.25, 0.3) is 0 Å². The first-order valence-electron chi connectivity index (χ1n) is 3.51. The van der Waals surface area contributed by atoms with E-state index in [1.165, 1.54) is 6.07 Å². The fraction of sp³-hybridized carbons (Fsp3) is 0.333. The van der Waals surface area contributed by atoms with Crippen molar-refractivity contribution in [3.8, 4) is 6.07 Å². The normalized spacial score (nSPS) is 14.4. The summed E-state index contributed by atoms with van der Waals surface area (Å²) in [5, 5.41) is 36.5. The fourth-order valence-corrected chi connectivity index (χ4v) is 0.790. The summed E-state index contributed by atoms with van der Waals surface area (Å²) in [6.45, 7) is 0. The number of aliphatic hydroxyl groups excluding tert-OH is 2. The summed E-state index contributed by atoms with van der Waals surface area (Å²) >= 11 is 0. The van der Waals surface area contributed by atoms with Crippen LogP contribution in [0.5, 0.6) is 0 Å². The molecule has 3 N–H and O–H groups in total. The minimum Gasteiger partial charge on any atom is -0.379 e. The van der Waals surface area contributed by atoms with Gasteiger partial charge in [0.05, 0.1) is 6.07 Å². The minimum absolute atomic E-state index is 0.217. The van der Waals surface area contributed by atoms with Crippen LogP contribution in [-0.4, -0.2) is 31.2 Å². The molecule has 0 fully saturated rings. The summed E-state index contributed by atoms with van der Waals surface area (Å²) in [5.74, 6) is -0.630. The summed E-state index contributed by atoms with van der Waals surface area (Å²) in [6.07, 6.45) is -2.35. The number of hydrogen-bond acceptors (Lipinski definition) is 6. The predicted octanol–water partition coefficient (Wildman–Crippen LogP) is -0.764. The molecule has 8 heteroatoms. The van der Waals surface area contributed by atoms with Crippen molar-refractivity contribution in [2.24, 2.45) is 0 Å². The van der Waals surface area contributed by atoms with E-state index in [-0.39, 0.29) is 5.82 Å². The van der Waals surface area contributed by atoms with Crippen LogP contribution in [0.1, 0.15) is 11.9 Å². The van der Waals surface area contributed by atoms with Crippen molar-refractivity contribution < 1.29 is 15.1 Å². The molecule has 1 aromatic rings. The Kier molecular flexibility index (Phi) is 2.76. The third-order valence-corrected chi connectivity index (χ3v) is 1.49. The van der Waals surface area contributed by atoms with Gasteiger partial charge in [0.2, 0.25) is 5.82 Å². The molecule has 0 radical (unpaired) electrons. The first kappa shape index (κ1) is 10.1. The van der Waals surface area contributed by atoms with E-state index >= 15 is 0 Å². The first-order valence-corrected chi connectivity index (χ1v) is 3.51. The molecule has 0 aromatic carbocycles. The highest BCUT2D eigenvalue weighted by atomic mass is 16.6. The molecule has 0 saturated heterocycles. The van der Waals surface area contributed by atoms with Crippen molar-refractivity contribution in [3.63, 3.8) is 0 Å². The largest absolute Gasteiger partial charge is 0.379 e. The summed E-state index contributed by atoms with van der Waals surface area (Å²) in [5.41, 5.74) is 0. The van der Waals surface area contributed by atoms with Crippen LogP contribution in [0, 0.1) is 21.4 Å². The Morgan fingerprint density at radius 1 is 1.71 bits per heavy atom. The first-order chi connectivity index (χ1) is 6.56. The molecule has 74 valence electrons. The van der Waals surface area contributed by atoms with E-state index in [1.54, 1.807) is 0 Å². The lowest BCUT2D eigenvalue weighted by atomic mass is 10.2. The maximum Gasteiger partial charge on any atom is 0.340 e. The standard InChI is InChI=1S/C6H6N4O4/c7-1-3(11)5(12)6-8-2-4(9-6)10(13)14/h2-3,5,11-12H,(H,8,9). The van der Waals surface area contributed by atoms with Gasteiger partial charge in [-0.3, -0.25) is 0 Å². The third kappa shape index (κ3) is 1.85. The van der Waals surface area contributed by atoms with Crippen LogP contribution >= 0.6 is 0 Å². The van der Waals surface area contributed by atoms with Gasteiger partial charge in [0.15, 0.2) is 12.2 Å². The number of rotatable bonds is 3. The molecule has 0 bridgehead atoms. The van der Waals surface area contributed by atoms with E-state index in [0.717, 1.165) is 6.20 Å². The SMILES string of the molecule is N#CC(O)C(O)c1ncc([N+](=O)[O-])[nH]1. The van der Waals surface area contributed by atoms with Gasteiger partial charge in [-0.2, -0.15) is 5.26 Å². The lowest BCUT2D eigenvalue weighted by Crippen LogP contribution is -2.17. The summed E-state index contributed by atoms with van der Waals surface area (Å²) in [4.78, 5) is 15.1. The Bertz CT molecular complexity index is 381. The van der Waals surface area contributed by atoms with Gasteiger partial charge in [-0.25, -0.2) is 9.97 Å². The van der Waals surface area contributed by atoms with Crippen LogP contribution in [0.3, 0.4) is 0 Å². The molecule has 8 nitrogen and oxygen atoms in total. The van der Waals surface area contributed by atoms with Crippen molar-refractivity contribution in [1.29, 1.82) is 5.26 Å². The quantitative estimate of drug-likeness (QED) is 0.331. The summed E-state index contributed by atoms with van der Waals surface area (Å²) in [7, 11) is 0. The number of nitrogens with one attached hydrogen (secondary N) is 1. The van der Waals surface area contributed by atoms with Crippen molar-refractivity contribution in [2.75, 3.05) is 0 Å². The van der Waals surface area contributed by atoms with Gasteiger partial charge < -0.3 is 20.3 Å². The second kappa shape index (κ2) is 3.82. The number of hydrogen-bond donors (Lipinski definition) is 3. The second-order valence-electron chi connectivity index (χ2n) is 2.43. The van der Waals surface area contributed by atoms with E-state index in [9.17, 15) is 15.2 Å². The topological polar surface area (TPSA) is 136 Å². The summed E-state index contributed by atoms with van der Waals surface area (Å²) < 4.78 is 0. The predicted molar refractivity (Wildman–Crippen MR) is 41.8 cm³/mol. The van der Waals surface area contributed by atoms with Crippen LogP contribution in [0.4, 0.5) is 5.82 Å². The highest BCUT2D eigenvalue weighted by molar-refractivity contribution is 5.17.